The van der Waals surface area contributed by atoms with Gasteiger partial charge in [0.25, 0.3) is 5.56 Å². The third-order valence-corrected chi connectivity index (χ3v) is 3.49. The molecule has 1 N–H and O–H groups in total. The van der Waals surface area contributed by atoms with Crippen molar-refractivity contribution in [3.8, 4) is 0 Å². The first-order valence-corrected chi connectivity index (χ1v) is 7.46. The van der Waals surface area contributed by atoms with Crippen molar-refractivity contribution >= 4 is 10.9 Å². The normalized spacial score (nSPS) is 10.9. The maximum Gasteiger partial charge on any atom is 0.279 e. The van der Waals surface area contributed by atoms with E-state index in [0.717, 1.165) is 18.5 Å². The van der Waals surface area contributed by atoms with Crippen molar-refractivity contribution in [1.29, 1.82) is 0 Å². The minimum Gasteiger partial charge on any atom is -0.322 e. The summed E-state index contributed by atoms with van der Waals surface area (Å²) < 4.78 is 1.57. The van der Waals surface area contributed by atoms with Crippen molar-refractivity contribution in [3.63, 3.8) is 0 Å². The van der Waals surface area contributed by atoms with E-state index >= 15 is 0 Å². The summed E-state index contributed by atoms with van der Waals surface area (Å²) in [6, 6.07) is 7.47. The first-order chi connectivity index (χ1) is 9.74. The molecule has 1 heterocycles. The molecule has 0 spiro atoms. The van der Waals surface area contributed by atoms with Gasteiger partial charge in [0.2, 0.25) is 0 Å². The fourth-order valence-corrected chi connectivity index (χ4v) is 2.35. The molecule has 20 heavy (non-hydrogen) atoms. The van der Waals surface area contributed by atoms with Crippen LogP contribution in [-0.4, -0.2) is 16.2 Å². The number of hydrogen-bond acceptors (Lipinski definition) is 3. The number of aryl methyl sites for hydroxylation is 1. The van der Waals surface area contributed by atoms with E-state index < -0.39 is 0 Å². The number of aromatic nitrogens is 2. The smallest absolute Gasteiger partial charge is 0.279 e. The van der Waals surface area contributed by atoms with Crippen LogP contribution in [0.25, 0.3) is 10.9 Å². The second-order valence-electron chi connectivity index (χ2n) is 5.14. The van der Waals surface area contributed by atoms with Crippen LogP contribution in [0, 0.1) is 6.92 Å². The van der Waals surface area contributed by atoms with Crippen molar-refractivity contribution in [2.45, 2.75) is 46.0 Å². The van der Waals surface area contributed by atoms with Crippen LogP contribution in [0.4, 0.5) is 0 Å². The van der Waals surface area contributed by atoms with Gasteiger partial charge in [-0.25, -0.2) is 9.66 Å². The first kappa shape index (κ1) is 14.6. The van der Waals surface area contributed by atoms with E-state index in [2.05, 4.69) is 17.3 Å². The Kier molecular flexibility index (Phi) is 5.16. The predicted octanol–water partition coefficient (Wildman–Crippen LogP) is 3.22. The van der Waals surface area contributed by atoms with E-state index in [-0.39, 0.29) is 5.56 Å². The van der Waals surface area contributed by atoms with E-state index in [9.17, 15) is 4.79 Å². The van der Waals surface area contributed by atoms with E-state index in [1.807, 2.05) is 31.2 Å². The summed E-state index contributed by atoms with van der Waals surface area (Å²) in [6.45, 7) is 4.88. The predicted molar refractivity (Wildman–Crippen MR) is 83.7 cm³/mol. The fraction of sp³-hybridized carbons (Fsp3) is 0.500. The summed E-state index contributed by atoms with van der Waals surface area (Å²) in [7, 11) is 0. The summed E-state index contributed by atoms with van der Waals surface area (Å²) >= 11 is 0. The van der Waals surface area contributed by atoms with Crippen molar-refractivity contribution in [3.05, 3.63) is 40.4 Å². The van der Waals surface area contributed by atoms with Gasteiger partial charge in [0, 0.05) is 6.54 Å². The number of benzene rings is 1. The topological polar surface area (TPSA) is 46.9 Å². The molecule has 0 saturated heterocycles. The molecule has 0 aliphatic heterocycles. The molecule has 4 heteroatoms. The zero-order valence-corrected chi connectivity index (χ0v) is 12.4. The fourth-order valence-electron chi connectivity index (χ4n) is 2.35. The van der Waals surface area contributed by atoms with Gasteiger partial charge >= 0.3 is 0 Å². The van der Waals surface area contributed by atoms with Crippen LogP contribution >= 0.6 is 0 Å². The standard InChI is InChI=1S/C16H23N3O/c1-3-4-5-6-9-12-17-19-13(2)18-15-11-8-7-10-14(15)16(19)20/h7-8,10-11,17H,3-6,9,12H2,1-2H3. The highest BCUT2D eigenvalue weighted by atomic mass is 16.1. The lowest BCUT2D eigenvalue weighted by atomic mass is 10.2. The Labute approximate surface area is 119 Å². The average Bonchev–Trinajstić information content (AvgIpc) is 2.45. The van der Waals surface area contributed by atoms with Gasteiger partial charge in [0.15, 0.2) is 0 Å². The molecule has 0 fully saturated rings. The van der Waals surface area contributed by atoms with Gasteiger partial charge in [-0.15, -0.1) is 0 Å². The van der Waals surface area contributed by atoms with Gasteiger partial charge < -0.3 is 5.43 Å². The van der Waals surface area contributed by atoms with Crippen LogP contribution in [-0.2, 0) is 0 Å². The third-order valence-electron chi connectivity index (χ3n) is 3.49. The Morgan fingerprint density at radius 3 is 2.70 bits per heavy atom. The maximum absolute atomic E-state index is 12.4. The number of unbranched alkanes of at least 4 members (excludes halogenated alkanes) is 4. The summed E-state index contributed by atoms with van der Waals surface area (Å²) in [4.78, 5) is 16.8. The minimum absolute atomic E-state index is 0.0124. The largest absolute Gasteiger partial charge is 0.322 e. The Morgan fingerprint density at radius 1 is 1.15 bits per heavy atom. The van der Waals surface area contributed by atoms with Crippen molar-refractivity contribution < 1.29 is 0 Å². The van der Waals surface area contributed by atoms with Crippen LogP contribution in [0.5, 0.6) is 0 Å². The minimum atomic E-state index is -0.0124. The molecule has 108 valence electrons. The number of para-hydroxylation sites is 1. The van der Waals surface area contributed by atoms with Crippen LogP contribution in [0.3, 0.4) is 0 Å². The monoisotopic (exact) mass is 273 g/mol. The number of rotatable bonds is 7. The van der Waals surface area contributed by atoms with Gasteiger partial charge in [-0.05, 0) is 25.5 Å². The Balaban J connectivity index is 2.05. The van der Waals surface area contributed by atoms with E-state index in [4.69, 9.17) is 0 Å². The van der Waals surface area contributed by atoms with E-state index in [0.29, 0.717) is 11.2 Å². The molecule has 0 unspecified atom stereocenters. The second kappa shape index (κ2) is 7.08. The summed E-state index contributed by atoms with van der Waals surface area (Å²) in [6.07, 6.45) is 6.09. The highest BCUT2D eigenvalue weighted by Gasteiger charge is 2.06. The second-order valence-corrected chi connectivity index (χ2v) is 5.14. The molecule has 0 aliphatic carbocycles. The molecule has 4 nitrogen and oxygen atoms in total. The molecule has 2 rings (SSSR count). The lowest BCUT2D eigenvalue weighted by Crippen LogP contribution is -2.32. The lowest BCUT2D eigenvalue weighted by Gasteiger charge is -2.12. The van der Waals surface area contributed by atoms with Crippen LogP contribution in [0.2, 0.25) is 0 Å². The van der Waals surface area contributed by atoms with Gasteiger partial charge in [-0.1, -0.05) is 44.7 Å². The molecule has 1 aromatic heterocycles. The maximum atomic E-state index is 12.4. The summed E-state index contributed by atoms with van der Waals surface area (Å²) in [5.41, 5.74) is 3.94. The van der Waals surface area contributed by atoms with Crippen LogP contribution < -0.4 is 11.0 Å². The van der Waals surface area contributed by atoms with Gasteiger partial charge in [-0.2, -0.15) is 0 Å². The SMILES string of the molecule is CCCCCCCNn1c(C)nc2ccccc2c1=O. The summed E-state index contributed by atoms with van der Waals surface area (Å²) in [5.74, 6) is 0.710. The highest BCUT2D eigenvalue weighted by molar-refractivity contribution is 5.77. The lowest BCUT2D eigenvalue weighted by molar-refractivity contribution is 0.623. The third kappa shape index (κ3) is 3.38. The number of nitrogens with one attached hydrogen (secondary N) is 1. The van der Waals surface area contributed by atoms with Crippen LogP contribution in [0.15, 0.2) is 29.1 Å². The zero-order chi connectivity index (χ0) is 14.4. The van der Waals surface area contributed by atoms with Crippen molar-refractivity contribution in [2.24, 2.45) is 0 Å². The van der Waals surface area contributed by atoms with E-state index in [1.54, 1.807) is 4.68 Å². The van der Waals surface area contributed by atoms with Crippen molar-refractivity contribution in [2.75, 3.05) is 12.0 Å². The van der Waals surface area contributed by atoms with Gasteiger partial charge in [0.1, 0.15) is 5.82 Å². The molecule has 2 aromatic rings. The number of nitrogens with zero attached hydrogens (tertiary/aromatic N) is 2. The Morgan fingerprint density at radius 2 is 1.90 bits per heavy atom. The highest BCUT2D eigenvalue weighted by Crippen LogP contribution is 2.06. The molecule has 0 radical (unpaired) electrons. The van der Waals surface area contributed by atoms with Crippen molar-refractivity contribution in [1.82, 2.24) is 9.66 Å². The number of hydrogen-bond donors (Lipinski definition) is 1. The summed E-state index contributed by atoms with van der Waals surface area (Å²) in [5, 5.41) is 0.664. The quantitative estimate of drug-likeness (QED) is 0.788. The molecule has 0 aliphatic rings. The zero-order valence-electron chi connectivity index (χ0n) is 12.4. The molecular weight excluding hydrogens is 250 g/mol. The molecule has 0 atom stereocenters. The number of fused-ring (bicyclic) bond motifs is 1. The first-order valence-electron chi connectivity index (χ1n) is 7.46. The Bertz CT molecular complexity index is 619. The van der Waals surface area contributed by atoms with Crippen LogP contribution in [0.1, 0.15) is 44.9 Å². The van der Waals surface area contributed by atoms with Gasteiger partial charge in [-0.3, -0.25) is 4.79 Å². The average molecular weight is 273 g/mol. The molecule has 0 saturated carbocycles. The van der Waals surface area contributed by atoms with Gasteiger partial charge in [0.05, 0.1) is 10.9 Å². The molecule has 1 aromatic carbocycles. The van der Waals surface area contributed by atoms with E-state index in [1.165, 1.54) is 25.7 Å². The molecule has 0 amide bonds. The Hall–Kier alpha value is -1.84. The molecule has 0 bridgehead atoms. The molecular formula is C16H23N3O.